The molecular weight excluding hydrogens is 436 g/mol. The summed E-state index contributed by atoms with van der Waals surface area (Å²) in [5, 5.41) is 14.0. The van der Waals surface area contributed by atoms with Gasteiger partial charge in [-0.05, 0) is 11.4 Å². The van der Waals surface area contributed by atoms with Gasteiger partial charge in [-0.15, -0.1) is 10.2 Å². The van der Waals surface area contributed by atoms with Crippen LogP contribution in [0.3, 0.4) is 0 Å². The van der Waals surface area contributed by atoms with Crippen LogP contribution in [-0.2, 0) is 16.0 Å². The van der Waals surface area contributed by atoms with Gasteiger partial charge in [0.15, 0.2) is 11.5 Å². The number of methoxy groups -OCH3 is 2. The average Bonchev–Trinajstić information content (AvgIpc) is 3.43. The van der Waals surface area contributed by atoms with Gasteiger partial charge in [-0.3, -0.25) is 4.79 Å². The lowest BCUT2D eigenvalue weighted by atomic mass is 10.1. The first kappa shape index (κ1) is 22.2. The fraction of sp³-hybridized carbons (Fsp3) is 0.263. The summed E-state index contributed by atoms with van der Waals surface area (Å²) in [6, 6.07) is 4.03. The molecule has 31 heavy (non-hydrogen) atoms. The third-order valence-electron chi connectivity index (χ3n) is 4.00. The molecule has 0 saturated heterocycles. The number of esters is 1. The van der Waals surface area contributed by atoms with E-state index in [2.05, 4.69) is 25.0 Å². The number of hydrogen-bond acceptors (Lipinski definition) is 9. The zero-order valence-electron chi connectivity index (χ0n) is 16.4. The maximum atomic E-state index is 12.7. The minimum Gasteiger partial charge on any atom is -0.493 e. The summed E-state index contributed by atoms with van der Waals surface area (Å²) < 4.78 is 44.9. The maximum absolute atomic E-state index is 12.7. The molecule has 2 heterocycles. The number of carbonyl (C=O) groups excluding carboxylic acids is 2. The predicted octanol–water partition coefficient (Wildman–Crippen LogP) is 3.77. The molecule has 3 aromatic rings. The number of aryl methyl sites for hydroxylation is 1. The van der Waals surface area contributed by atoms with E-state index in [0.29, 0.717) is 5.89 Å². The van der Waals surface area contributed by atoms with Crippen LogP contribution in [0.1, 0.15) is 22.7 Å². The van der Waals surface area contributed by atoms with E-state index >= 15 is 0 Å². The Labute approximate surface area is 178 Å². The molecule has 9 nitrogen and oxygen atoms in total. The lowest BCUT2D eigenvalue weighted by Gasteiger charge is -2.15. The lowest BCUT2D eigenvalue weighted by Crippen LogP contribution is -2.16. The molecule has 0 fully saturated rings. The topological polar surface area (TPSA) is 113 Å². The summed E-state index contributed by atoms with van der Waals surface area (Å²) in [4.78, 5) is 24.5. The van der Waals surface area contributed by atoms with Crippen molar-refractivity contribution in [1.29, 1.82) is 0 Å². The van der Waals surface area contributed by atoms with Crippen molar-refractivity contribution in [2.75, 3.05) is 19.5 Å². The molecule has 164 valence electrons. The van der Waals surface area contributed by atoms with Gasteiger partial charge < -0.3 is 23.9 Å². The molecule has 0 aliphatic heterocycles. The second-order valence-electron chi connectivity index (χ2n) is 5.98. The standard InChI is InChI=1S/C19H17F2N3O6S/c1-27-13-7-11(18(26)28-2)12(8-14(13)29-19(20)21)22-15(25)3-4-16-23-24-17(30-16)10-5-6-31-9-10/h5-9,19H,3-4H2,1-2H3,(H,22,25). The van der Waals surface area contributed by atoms with Crippen LogP contribution in [0.2, 0.25) is 0 Å². The van der Waals surface area contributed by atoms with Gasteiger partial charge in [-0.25, -0.2) is 4.79 Å². The van der Waals surface area contributed by atoms with Crippen LogP contribution < -0.4 is 14.8 Å². The number of thiophene rings is 1. The smallest absolute Gasteiger partial charge is 0.387 e. The molecule has 0 unspecified atom stereocenters. The zero-order valence-corrected chi connectivity index (χ0v) is 17.2. The number of alkyl halides is 2. The molecule has 1 N–H and O–H groups in total. The minimum atomic E-state index is -3.13. The SMILES string of the molecule is COC(=O)c1cc(OC)c(OC(F)F)cc1NC(=O)CCc1nnc(-c2ccsc2)o1. The monoisotopic (exact) mass is 453 g/mol. The highest BCUT2D eigenvalue weighted by Crippen LogP contribution is 2.35. The van der Waals surface area contributed by atoms with Crippen LogP contribution in [0.25, 0.3) is 11.5 Å². The summed E-state index contributed by atoms with van der Waals surface area (Å²) in [6.07, 6.45) is 0.0655. The molecule has 1 aromatic carbocycles. The van der Waals surface area contributed by atoms with Gasteiger partial charge in [-0.1, -0.05) is 0 Å². The first-order valence-electron chi connectivity index (χ1n) is 8.81. The van der Waals surface area contributed by atoms with Crippen molar-refractivity contribution in [2.24, 2.45) is 0 Å². The molecule has 1 amide bonds. The van der Waals surface area contributed by atoms with Gasteiger partial charge in [0.05, 0.1) is 25.5 Å². The van der Waals surface area contributed by atoms with E-state index in [1.165, 1.54) is 18.4 Å². The Morgan fingerprint density at radius 2 is 2.03 bits per heavy atom. The molecule has 0 atom stereocenters. The maximum Gasteiger partial charge on any atom is 0.387 e. The Bertz CT molecular complexity index is 1060. The number of anilines is 1. The van der Waals surface area contributed by atoms with E-state index in [0.717, 1.165) is 24.8 Å². The Balaban J connectivity index is 1.73. The van der Waals surface area contributed by atoms with Crippen LogP contribution in [0.5, 0.6) is 11.5 Å². The molecule has 3 rings (SSSR count). The fourth-order valence-corrected chi connectivity index (χ4v) is 3.21. The molecule has 0 radical (unpaired) electrons. The number of aromatic nitrogens is 2. The molecule has 0 aliphatic carbocycles. The number of nitrogens with one attached hydrogen (secondary N) is 1. The van der Waals surface area contributed by atoms with Crippen LogP contribution in [0.4, 0.5) is 14.5 Å². The van der Waals surface area contributed by atoms with Crippen molar-refractivity contribution < 1.29 is 37.0 Å². The number of benzene rings is 1. The van der Waals surface area contributed by atoms with Gasteiger partial charge in [-0.2, -0.15) is 20.1 Å². The van der Waals surface area contributed by atoms with Gasteiger partial charge in [0.25, 0.3) is 0 Å². The quantitative estimate of drug-likeness (QED) is 0.487. The number of ether oxygens (including phenoxy) is 3. The van der Waals surface area contributed by atoms with Crippen molar-refractivity contribution in [1.82, 2.24) is 10.2 Å². The molecule has 2 aromatic heterocycles. The van der Waals surface area contributed by atoms with Crippen molar-refractivity contribution >= 4 is 28.9 Å². The molecule has 0 saturated carbocycles. The zero-order chi connectivity index (χ0) is 22.4. The van der Waals surface area contributed by atoms with Gasteiger partial charge >= 0.3 is 12.6 Å². The Morgan fingerprint density at radius 3 is 2.68 bits per heavy atom. The summed E-state index contributed by atoms with van der Waals surface area (Å²) in [6.45, 7) is -3.13. The van der Waals surface area contributed by atoms with Gasteiger partial charge in [0.1, 0.15) is 0 Å². The van der Waals surface area contributed by atoms with Gasteiger partial charge in [0, 0.05) is 35.9 Å². The van der Waals surface area contributed by atoms with Crippen molar-refractivity contribution in [3.05, 3.63) is 40.4 Å². The van der Waals surface area contributed by atoms with E-state index in [1.54, 1.807) is 0 Å². The number of hydrogen-bond donors (Lipinski definition) is 1. The van der Waals surface area contributed by atoms with Crippen LogP contribution in [0.15, 0.2) is 33.4 Å². The van der Waals surface area contributed by atoms with E-state index in [4.69, 9.17) is 9.15 Å². The van der Waals surface area contributed by atoms with E-state index < -0.39 is 18.5 Å². The van der Waals surface area contributed by atoms with E-state index in [1.807, 2.05) is 16.8 Å². The highest BCUT2D eigenvalue weighted by atomic mass is 32.1. The van der Waals surface area contributed by atoms with Crippen LogP contribution in [0, 0.1) is 0 Å². The fourth-order valence-electron chi connectivity index (χ4n) is 2.58. The van der Waals surface area contributed by atoms with Gasteiger partial charge in [0.2, 0.25) is 17.7 Å². The van der Waals surface area contributed by atoms with E-state index in [-0.39, 0.29) is 41.5 Å². The number of carbonyl (C=O) groups is 2. The second-order valence-corrected chi connectivity index (χ2v) is 6.76. The highest BCUT2D eigenvalue weighted by Gasteiger charge is 2.21. The summed E-state index contributed by atoms with van der Waals surface area (Å²) >= 11 is 1.48. The average molecular weight is 453 g/mol. The number of halogens is 2. The summed E-state index contributed by atoms with van der Waals surface area (Å²) in [5.41, 5.74) is 0.616. The van der Waals surface area contributed by atoms with Crippen molar-refractivity contribution in [3.63, 3.8) is 0 Å². The number of nitrogens with zero attached hydrogens (tertiary/aromatic N) is 2. The van der Waals surface area contributed by atoms with Crippen molar-refractivity contribution in [3.8, 4) is 23.0 Å². The molecule has 0 spiro atoms. The summed E-state index contributed by atoms with van der Waals surface area (Å²) in [5.74, 6) is -1.19. The predicted molar refractivity (Wildman–Crippen MR) is 106 cm³/mol. The normalized spacial score (nSPS) is 10.7. The number of amides is 1. The molecule has 0 aliphatic rings. The third-order valence-corrected chi connectivity index (χ3v) is 4.68. The first-order chi connectivity index (χ1) is 14.9. The first-order valence-corrected chi connectivity index (χ1v) is 9.75. The lowest BCUT2D eigenvalue weighted by molar-refractivity contribution is -0.116. The largest absolute Gasteiger partial charge is 0.493 e. The Morgan fingerprint density at radius 1 is 1.23 bits per heavy atom. The van der Waals surface area contributed by atoms with Crippen LogP contribution >= 0.6 is 11.3 Å². The van der Waals surface area contributed by atoms with Crippen LogP contribution in [-0.4, -0.2) is 42.9 Å². The molecular formula is C19H17F2N3O6S. The second kappa shape index (κ2) is 9.98. The van der Waals surface area contributed by atoms with E-state index in [9.17, 15) is 18.4 Å². The Hall–Kier alpha value is -3.54. The number of rotatable bonds is 9. The summed E-state index contributed by atoms with van der Waals surface area (Å²) in [7, 11) is 2.37. The minimum absolute atomic E-state index is 0.0665. The molecule has 12 heteroatoms. The van der Waals surface area contributed by atoms with Crippen molar-refractivity contribution in [2.45, 2.75) is 19.5 Å². The Kier molecular flexibility index (Phi) is 7.13. The molecule has 0 bridgehead atoms. The highest BCUT2D eigenvalue weighted by molar-refractivity contribution is 7.08. The third kappa shape index (κ3) is 5.54.